The minimum absolute atomic E-state index is 0.0249. The Balaban J connectivity index is 2.06. The molecule has 47 heavy (non-hydrogen) atoms. The second-order valence-electron chi connectivity index (χ2n) is 10.8. The highest BCUT2D eigenvalue weighted by atomic mass is 32.2. The van der Waals surface area contributed by atoms with E-state index in [0.717, 1.165) is 10.6 Å². The summed E-state index contributed by atoms with van der Waals surface area (Å²) in [4.78, 5) is 50.3. The van der Waals surface area contributed by atoms with Crippen molar-refractivity contribution in [3.8, 4) is 11.3 Å². The number of unbranched alkanes of at least 4 members (excludes halogenated alkanes) is 1. The lowest BCUT2D eigenvalue weighted by atomic mass is 9.97. The molecule has 0 spiro atoms. The van der Waals surface area contributed by atoms with Crippen LogP contribution in [0.1, 0.15) is 63.1 Å². The number of hydrogen-bond acceptors (Lipinski definition) is 14. The Bertz CT molecular complexity index is 1510. The minimum Gasteiger partial charge on any atom is -0.466 e. The van der Waals surface area contributed by atoms with Crippen molar-refractivity contribution in [3.05, 3.63) is 67.6 Å². The lowest BCUT2D eigenvalue weighted by Gasteiger charge is -2.20. The van der Waals surface area contributed by atoms with Gasteiger partial charge in [0.25, 0.3) is 10.2 Å². The lowest BCUT2D eigenvalue weighted by molar-refractivity contribution is -0.790. The molecule has 1 unspecified atom stereocenters. The number of carbonyl (C=O) groups is 1. The van der Waals surface area contributed by atoms with E-state index < -0.39 is 63.3 Å². The van der Waals surface area contributed by atoms with Gasteiger partial charge in [-0.1, -0.05) is 26.0 Å². The summed E-state index contributed by atoms with van der Waals surface area (Å²) in [5, 5.41) is 39.6. The third-order valence-electron chi connectivity index (χ3n) is 6.59. The molecule has 260 valence electrons. The van der Waals surface area contributed by atoms with Crippen molar-refractivity contribution in [2.75, 3.05) is 30.8 Å². The number of anilines is 1. The van der Waals surface area contributed by atoms with E-state index in [0.29, 0.717) is 16.8 Å². The Labute approximate surface area is 270 Å². The molecule has 0 saturated carbocycles. The first-order chi connectivity index (χ1) is 22.0. The van der Waals surface area contributed by atoms with Gasteiger partial charge in [0, 0.05) is 24.6 Å². The average Bonchev–Trinajstić information content (AvgIpc) is 2.97. The summed E-state index contributed by atoms with van der Waals surface area (Å²) in [5.41, 5.74) is 1.62. The summed E-state index contributed by atoms with van der Waals surface area (Å²) in [5.74, 6) is -1.59. The van der Waals surface area contributed by atoms with Crippen molar-refractivity contribution >= 4 is 28.0 Å². The molecule has 0 aliphatic rings. The highest BCUT2D eigenvalue weighted by molar-refractivity contribution is 7.92. The van der Waals surface area contributed by atoms with E-state index in [-0.39, 0.29) is 49.9 Å². The van der Waals surface area contributed by atoms with Gasteiger partial charge in [0.05, 0.1) is 42.9 Å². The minimum atomic E-state index is -3.72. The number of hydrogen-bond donors (Lipinski definition) is 2. The fourth-order valence-corrected chi connectivity index (χ4v) is 4.57. The van der Waals surface area contributed by atoms with Crippen LogP contribution in [0.15, 0.2) is 30.3 Å². The van der Waals surface area contributed by atoms with Crippen molar-refractivity contribution in [3.63, 3.8) is 0 Å². The normalized spacial score (nSPS) is 13.6. The van der Waals surface area contributed by atoms with Crippen molar-refractivity contribution in [2.24, 2.45) is 0 Å². The van der Waals surface area contributed by atoms with Crippen LogP contribution < -0.4 is 4.31 Å². The molecule has 0 aliphatic heterocycles. The topological polar surface area (TPSA) is 235 Å². The number of nitrogens with zero attached hydrogens (tertiary/aromatic N) is 5. The maximum atomic E-state index is 13.7. The fourth-order valence-electron chi connectivity index (χ4n) is 4.19. The van der Waals surface area contributed by atoms with Gasteiger partial charge in [-0.05, 0) is 49.4 Å². The Morgan fingerprint density at radius 2 is 1.77 bits per heavy atom. The molecule has 0 radical (unpaired) electrons. The zero-order valence-electron chi connectivity index (χ0n) is 26.2. The third-order valence-corrected chi connectivity index (χ3v) is 7.75. The highest BCUT2D eigenvalue weighted by Gasteiger charge is 2.23. The summed E-state index contributed by atoms with van der Waals surface area (Å²) in [6.07, 6.45) is 0.00850. The number of aliphatic hydroxyl groups excluding tert-OH is 2. The number of benzene rings is 1. The van der Waals surface area contributed by atoms with Crippen molar-refractivity contribution in [1.82, 2.24) is 9.97 Å². The van der Waals surface area contributed by atoms with Gasteiger partial charge in [-0.25, -0.2) is 27.1 Å². The summed E-state index contributed by atoms with van der Waals surface area (Å²) >= 11 is 0. The smallest absolute Gasteiger partial charge is 0.308 e. The molecular formula is C28H38FN5O12S. The predicted octanol–water partition coefficient (Wildman–Crippen LogP) is 2.82. The maximum Gasteiger partial charge on any atom is 0.308 e. The fraction of sp³-hybridized carbons (Fsp3) is 0.536. The molecule has 0 fully saturated rings. The second kappa shape index (κ2) is 18.0. The molecule has 0 bridgehead atoms. The Kier molecular flexibility index (Phi) is 14.8. The zero-order chi connectivity index (χ0) is 35.3. The largest absolute Gasteiger partial charge is 0.466 e. The monoisotopic (exact) mass is 687 g/mol. The molecule has 2 rings (SSSR count). The number of aromatic nitrogens is 2. The van der Waals surface area contributed by atoms with Crippen LogP contribution >= 0.6 is 0 Å². The number of halogens is 1. The lowest BCUT2D eigenvalue weighted by Crippen LogP contribution is -2.27. The van der Waals surface area contributed by atoms with Crippen LogP contribution in [0, 0.1) is 26.0 Å². The van der Waals surface area contributed by atoms with Crippen molar-refractivity contribution in [2.45, 2.75) is 70.2 Å². The van der Waals surface area contributed by atoms with Crippen LogP contribution in [0.5, 0.6) is 0 Å². The Morgan fingerprint density at radius 1 is 1.11 bits per heavy atom. The summed E-state index contributed by atoms with van der Waals surface area (Å²) in [7, 11) is -2.41. The van der Waals surface area contributed by atoms with E-state index in [4.69, 9.17) is 4.74 Å². The Morgan fingerprint density at radius 3 is 2.34 bits per heavy atom. The molecule has 1 heterocycles. The van der Waals surface area contributed by atoms with Gasteiger partial charge >= 0.3 is 5.97 Å². The first-order valence-electron chi connectivity index (χ1n) is 14.4. The summed E-state index contributed by atoms with van der Waals surface area (Å²) in [6, 6.07) is 5.39. The van der Waals surface area contributed by atoms with Crippen molar-refractivity contribution < 1.29 is 52.4 Å². The highest BCUT2D eigenvalue weighted by Crippen LogP contribution is 2.31. The van der Waals surface area contributed by atoms with E-state index in [1.54, 1.807) is 0 Å². The number of ether oxygens (including phenoxy) is 1. The van der Waals surface area contributed by atoms with Gasteiger partial charge in [0.15, 0.2) is 0 Å². The molecule has 17 nitrogen and oxygen atoms in total. The van der Waals surface area contributed by atoms with Gasteiger partial charge in [0.1, 0.15) is 18.5 Å². The van der Waals surface area contributed by atoms with Crippen LogP contribution in [-0.4, -0.2) is 89.6 Å². The average molecular weight is 688 g/mol. The molecule has 3 atom stereocenters. The van der Waals surface area contributed by atoms with Gasteiger partial charge in [-0.15, -0.1) is 20.2 Å². The second-order valence-corrected chi connectivity index (χ2v) is 12.8. The van der Waals surface area contributed by atoms with E-state index in [1.165, 1.54) is 43.5 Å². The van der Waals surface area contributed by atoms with Crippen LogP contribution in [0.25, 0.3) is 17.3 Å². The van der Waals surface area contributed by atoms with Gasteiger partial charge in [-0.3, -0.25) is 4.79 Å². The molecule has 1 aromatic carbocycles. The number of esters is 1. The summed E-state index contributed by atoms with van der Waals surface area (Å²) in [6.45, 7) is 2.92. The molecule has 0 amide bonds. The standard InChI is InChI=1S/C28H38FN5O12S/c1-18(2)26-24(27(19-8-10-20(29)11-9-19)31-28(30-26)32(3)47(4,42)43)13-12-21(35)15-22(36)16-25(37)44-14-6-5-7-23(46-34(40)41)17-45-33(38)39/h8-13,18,21-23,35-36H,5-7,14-17H2,1-4H3/b13-12+/t21-,22-,23?/m1/s1. The van der Waals surface area contributed by atoms with Gasteiger partial charge < -0.3 is 24.6 Å². The number of aliphatic hydroxyl groups is 2. The molecule has 19 heteroatoms. The number of carbonyl (C=O) groups excluding carboxylic acids is 1. The first-order valence-corrected chi connectivity index (χ1v) is 16.2. The summed E-state index contributed by atoms with van der Waals surface area (Å²) < 4.78 is 44.1. The van der Waals surface area contributed by atoms with Crippen LogP contribution in [0.3, 0.4) is 0 Å². The Hall–Kier alpha value is -4.49. The van der Waals surface area contributed by atoms with Crippen molar-refractivity contribution in [1.29, 1.82) is 0 Å². The van der Waals surface area contributed by atoms with E-state index in [1.807, 2.05) is 13.8 Å². The molecule has 2 N–H and O–H groups in total. The zero-order valence-corrected chi connectivity index (χ0v) is 27.0. The third kappa shape index (κ3) is 13.4. The number of sulfonamides is 1. The molecule has 1 aromatic heterocycles. The van der Waals surface area contributed by atoms with E-state index in [9.17, 15) is 48.0 Å². The van der Waals surface area contributed by atoms with Gasteiger partial charge in [-0.2, -0.15) is 0 Å². The quantitative estimate of drug-likeness (QED) is 0.0882. The van der Waals surface area contributed by atoms with E-state index >= 15 is 0 Å². The van der Waals surface area contributed by atoms with Crippen LogP contribution in [0.2, 0.25) is 0 Å². The maximum absolute atomic E-state index is 13.7. The molecular weight excluding hydrogens is 649 g/mol. The van der Waals surface area contributed by atoms with Crippen LogP contribution in [-0.2, 0) is 29.2 Å². The SMILES string of the molecule is CC(C)c1nc(N(C)S(C)(=O)=O)nc(-c2ccc(F)cc2)c1/C=C/[C@@H](O)C[C@@H](O)CC(=O)OCCCCC(CO[N+](=O)[O-])O[N+](=O)[O-]. The predicted molar refractivity (Wildman–Crippen MR) is 165 cm³/mol. The molecule has 2 aromatic rings. The number of rotatable bonds is 20. The first kappa shape index (κ1) is 38.7. The molecule has 0 saturated heterocycles. The van der Waals surface area contributed by atoms with Gasteiger partial charge in [0.2, 0.25) is 16.0 Å². The van der Waals surface area contributed by atoms with Crippen LogP contribution in [0.4, 0.5) is 10.3 Å². The molecule has 0 aliphatic carbocycles. The van der Waals surface area contributed by atoms with E-state index in [2.05, 4.69) is 19.6 Å².